The highest BCUT2D eigenvalue weighted by Crippen LogP contribution is 2.16. The highest BCUT2D eigenvalue weighted by molar-refractivity contribution is 7.89. The van der Waals surface area contributed by atoms with Gasteiger partial charge in [0.1, 0.15) is 11.6 Å². The predicted molar refractivity (Wildman–Crippen MR) is 90.9 cm³/mol. The average Bonchev–Trinajstić information content (AvgIpc) is 2.60. The van der Waals surface area contributed by atoms with E-state index in [1.165, 1.54) is 31.2 Å². The molecule has 0 saturated heterocycles. The molecule has 144 valence electrons. The molecule has 27 heavy (non-hydrogen) atoms. The van der Waals surface area contributed by atoms with Gasteiger partial charge < -0.3 is 10.1 Å². The fourth-order valence-electron chi connectivity index (χ4n) is 2.05. The molecule has 0 aromatic heterocycles. The Hall–Kier alpha value is -2.85. The second kappa shape index (κ2) is 8.23. The largest absolute Gasteiger partial charge is 0.449 e. The summed E-state index contributed by atoms with van der Waals surface area (Å²) >= 11 is 0. The van der Waals surface area contributed by atoms with Crippen molar-refractivity contribution in [1.82, 2.24) is 5.32 Å². The van der Waals surface area contributed by atoms with E-state index >= 15 is 0 Å². The van der Waals surface area contributed by atoms with Crippen molar-refractivity contribution in [3.63, 3.8) is 0 Å². The van der Waals surface area contributed by atoms with E-state index in [9.17, 15) is 26.8 Å². The van der Waals surface area contributed by atoms with Crippen molar-refractivity contribution in [2.45, 2.75) is 24.5 Å². The highest BCUT2D eigenvalue weighted by Gasteiger charge is 2.23. The topological polar surface area (TPSA) is 116 Å². The third kappa shape index (κ3) is 5.56. The van der Waals surface area contributed by atoms with Gasteiger partial charge in [-0.3, -0.25) is 4.79 Å². The maximum atomic E-state index is 13.8. The average molecular weight is 398 g/mol. The molecule has 0 bridgehead atoms. The summed E-state index contributed by atoms with van der Waals surface area (Å²) in [6, 6.07) is 7.80. The highest BCUT2D eigenvalue weighted by atomic mass is 32.2. The van der Waals surface area contributed by atoms with Crippen LogP contribution in [-0.4, -0.2) is 26.4 Å². The molecule has 7 nitrogen and oxygen atoms in total. The van der Waals surface area contributed by atoms with Gasteiger partial charge in [0.25, 0.3) is 5.91 Å². The Kier molecular flexibility index (Phi) is 6.24. The van der Waals surface area contributed by atoms with Crippen molar-refractivity contribution in [1.29, 1.82) is 0 Å². The van der Waals surface area contributed by atoms with Crippen LogP contribution in [0.4, 0.5) is 8.78 Å². The number of carbonyl (C=O) groups is 2. The number of rotatable bonds is 6. The molecule has 3 N–H and O–H groups in total. The van der Waals surface area contributed by atoms with E-state index in [4.69, 9.17) is 9.88 Å². The number of carbonyl (C=O) groups excluding carboxylic acids is 2. The number of hydrogen-bond acceptors (Lipinski definition) is 5. The summed E-state index contributed by atoms with van der Waals surface area (Å²) in [5.41, 5.74) is -0.0464. The first kappa shape index (κ1) is 20.5. The standard InChI is InChI=1S/C17H16F2N2O5S/c1-10(16(22)21-9-11-2-4-12(18)5-3-11)26-17(23)14-8-13(27(20,24)25)6-7-15(14)19/h2-8,10H,9H2,1H3,(H,21,22)(H2,20,24,25). The van der Waals surface area contributed by atoms with E-state index in [-0.39, 0.29) is 6.54 Å². The fraction of sp³-hybridized carbons (Fsp3) is 0.176. The molecule has 2 aromatic carbocycles. The number of esters is 1. The summed E-state index contributed by atoms with van der Waals surface area (Å²) in [4.78, 5) is 23.6. The van der Waals surface area contributed by atoms with Gasteiger partial charge in [0.2, 0.25) is 10.0 Å². The minimum Gasteiger partial charge on any atom is -0.449 e. The van der Waals surface area contributed by atoms with Gasteiger partial charge in [-0.25, -0.2) is 27.1 Å². The van der Waals surface area contributed by atoms with Gasteiger partial charge in [-0.2, -0.15) is 0 Å². The molecule has 0 fully saturated rings. The van der Waals surface area contributed by atoms with Crippen molar-refractivity contribution in [2.24, 2.45) is 5.14 Å². The lowest BCUT2D eigenvalue weighted by Gasteiger charge is -2.14. The number of sulfonamides is 1. The van der Waals surface area contributed by atoms with E-state index in [0.29, 0.717) is 5.56 Å². The number of primary sulfonamides is 1. The zero-order valence-electron chi connectivity index (χ0n) is 14.1. The molecule has 0 heterocycles. The van der Waals surface area contributed by atoms with Gasteiger partial charge in [0.15, 0.2) is 6.10 Å². The van der Waals surface area contributed by atoms with Gasteiger partial charge in [-0.15, -0.1) is 0 Å². The summed E-state index contributed by atoms with van der Waals surface area (Å²) in [5.74, 6) is -3.33. The van der Waals surface area contributed by atoms with Crippen LogP contribution in [0.25, 0.3) is 0 Å². The third-order valence-corrected chi connectivity index (χ3v) is 4.43. The van der Waals surface area contributed by atoms with Crippen LogP contribution in [0.15, 0.2) is 47.4 Å². The Morgan fingerprint density at radius 3 is 2.37 bits per heavy atom. The van der Waals surface area contributed by atoms with Crippen LogP contribution in [0.3, 0.4) is 0 Å². The van der Waals surface area contributed by atoms with Gasteiger partial charge in [0, 0.05) is 6.54 Å². The number of ether oxygens (including phenoxy) is 1. The number of nitrogens with two attached hydrogens (primary N) is 1. The quantitative estimate of drug-likeness (QED) is 0.715. The lowest BCUT2D eigenvalue weighted by molar-refractivity contribution is -0.129. The Morgan fingerprint density at radius 1 is 1.15 bits per heavy atom. The molecule has 0 saturated carbocycles. The number of hydrogen-bond donors (Lipinski definition) is 2. The summed E-state index contributed by atoms with van der Waals surface area (Å²) in [5, 5.41) is 7.42. The van der Waals surface area contributed by atoms with Crippen molar-refractivity contribution in [2.75, 3.05) is 0 Å². The lowest BCUT2D eigenvalue weighted by Crippen LogP contribution is -2.35. The SMILES string of the molecule is CC(OC(=O)c1cc(S(N)(=O)=O)ccc1F)C(=O)NCc1ccc(F)cc1. The van der Waals surface area contributed by atoms with E-state index in [1.54, 1.807) is 0 Å². The van der Waals surface area contributed by atoms with Crippen LogP contribution in [0.1, 0.15) is 22.8 Å². The molecule has 1 amide bonds. The van der Waals surface area contributed by atoms with Gasteiger partial charge in [0.05, 0.1) is 10.5 Å². The monoisotopic (exact) mass is 398 g/mol. The van der Waals surface area contributed by atoms with Gasteiger partial charge >= 0.3 is 5.97 Å². The van der Waals surface area contributed by atoms with E-state index in [2.05, 4.69) is 5.32 Å². The molecule has 2 aromatic rings. The van der Waals surface area contributed by atoms with Crippen molar-refractivity contribution >= 4 is 21.9 Å². The van der Waals surface area contributed by atoms with Crippen LogP contribution in [0.2, 0.25) is 0 Å². The maximum absolute atomic E-state index is 13.8. The zero-order valence-corrected chi connectivity index (χ0v) is 14.9. The van der Waals surface area contributed by atoms with Gasteiger partial charge in [-0.1, -0.05) is 12.1 Å². The smallest absolute Gasteiger partial charge is 0.341 e. The second-order valence-electron chi connectivity index (χ2n) is 5.58. The fourth-order valence-corrected chi connectivity index (χ4v) is 2.59. The Morgan fingerprint density at radius 2 is 1.78 bits per heavy atom. The van der Waals surface area contributed by atoms with Crippen LogP contribution in [-0.2, 0) is 26.1 Å². The number of benzene rings is 2. The molecule has 0 aliphatic heterocycles. The summed E-state index contributed by atoms with van der Waals surface area (Å²) in [6.45, 7) is 1.33. The molecule has 2 rings (SSSR count). The van der Waals surface area contributed by atoms with Crippen LogP contribution < -0.4 is 10.5 Å². The summed E-state index contributed by atoms with van der Waals surface area (Å²) in [7, 11) is -4.14. The number of amides is 1. The predicted octanol–water partition coefficient (Wildman–Crippen LogP) is 1.47. The molecular formula is C17H16F2N2O5S. The Labute approximate surface area is 154 Å². The molecule has 0 aliphatic carbocycles. The molecular weight excluding hydrogens is 382 g/mol. The number of halogens is 2. The van der Waals surface area contributed by atoms with Gasteiger partial charge in [-0.05, 0) is 42.8 Å². The molecule has 10 heteroatoms. The minimum absolute atomic E-state index is 0.0657. The molecule has 1 unspecified atom stereocenters. The summed E-state index contributed by atoms with van der Waals surface area (Å²) < 4.78 is 54.1. The van der Waals surface area contributed by atoms with E-state index in [0.717, 1.165) is 18.2 Å². The molecule has 0 radical (unpaired) electrons. The zero-order chi connectivity index (χ0) is 20.2. The van der Waals surface area contributed by atoms with Crippen molar-refractivity contribution < 1.29 is 31.5 Å². The Balaban J connectivity index is 2.02. The Bertz CT molecular complexity index is 962. The lowest BCUT2D eigenvalue weighted by atomic mass is 10.2. The second-order valence-corrected chi connectivity index (χ2v) is 7.14. The first-order valence-corrected chi connectivity index (χ1v) is 9.18. The minimum atomic E-state index is -4.14. The van der Waals surface area contributed by atoms with Crippen LogP contribution in [0, 0.1) is 11.6 Å². The molecule has 0 aliphatic rings. The first-order chi connectivity index (χ1) is 12.6. The van der Waals surface area contributed by atoms with Crippen molar-refractivity contribution in [3.8, 4) is 0 Å². The molecule has 1 atom stereocenters. The molecule has 0 spiro atoms. The van der Waals surface area contributed by atoms with E-state index in [1.807, 2.05) is 0 Å². The van der Waals surface area contributed by atoms with Crippen LogP contribution in [0.5, 0.6) is 0 Å². The van der Waals surface area contributed by atoms with Crippen LogP contribution >= 0.6 is 0 Å². The first-order valence-electron chi connectivity index (χ1n) is 7.63. The normalized spacial score (nSPS) is 12.3. The summed E-state index contributed by atoms with van der Waals surface area (Å²) in [6.07, 6.45) is -1.28. The number of nitrogens with one attached hydrogen (secondary N) is 1. The van der Waals surface area contributed by atoms with E-state index < -0.39 is 50.1 Å². The third-order valence-electron chi connectivity index (χ3n) is 3.52. The maximum Gasteiger partial charge on any atom is 0.341 e. The van der Waals surface area contributed by atoms with Crippen molar-refractivity contribution in [3.05, 3.63) is 65.2 Å².